The summed E-state index contributed by atoms with van der Waals surface area (Å²) in [5.74, 6) is 2.24. The van der Waals surface area contributed by atoms with Gasteiger partial charge in [-0.15, -0.1) is 0 Å². The number of hydrogen-bond donors (Lipinski definition) is 1. The molecule has 1 N–H and O–H groups in total. The van der Waals surface area contributed by atoms with Crippen molar-refractivity contribution in [3.8, 4) is 0 Å². The fraction of sp³-hybridized carbons (Fsp3) is 0.647. The van der Waals surface area contributed by atoms with Crippen LogP contribution in [0.3, 0.4) is 0 Å². The zero-order valence-corrected chi connectivity index (χ0v) is 12.2. The van der Waals surface area contributed by atoms with Crippen LogP contribution in [-0.2, 0) is 0 Å². The summed E-state index contributed by atoms with van der Waals surface area (Å²) in [6, 6.07) is 10.1. The van der Waals surface area contributed by atoms with Crippen LogP contribution in [0.25, 0.3) is 0 Å². The van der Waals surface area contributed by atoms with Crippen molar-refractivity contribution in [3.05, 3.63) is 35.4 Å². The molecule has 0 aromatic heterocycles. The first-order valence-electron chi connectivity index (χ1n) is 7.50. The number of rotatable bonds is 5. The van der Waals surface area contributed by atoms with Gasteiger partial charge in [0, 0.05) is 6.04 Å². The first-order chi connectivity index (χ1) is 8.67. The highest BCUT2D eigenvalue weighted by Crippen LogP contribution is 2.44. The van der Waals surface area contributed by atoms with Crippen LogP contribution in [0.1, 0.15) is 63.5 Å². The highest BCUT2D eigenvalue weighted by molar-refractivity contribution is 5.30. The molecule has 0 heterocycles. The van der Waals surface area contributed by atoms with Gasteiger partial charge in [0.25, 0.3) is 0 Å². The normalized spacial score (nSPS) is 27.3. The van der Waals surface area contributed by atoms with Crippen molar-refractivity contribution in [1.82, 2.24) is 5.32 Å². The van der Waals surface area contributed by atoms with Gasteiger partial charge in [-0.25, -0.2) is 0 Å². The largest absolute Gasteiger partial charge is 0.314 e. The predicted octanol–water partition coefficient (Wildman–Crippen LogP) is 4.30. The third-order valence-corrected chi connectivity index (χ3v) is 4.51. The Morgan fingerprint density at radius 3 is 2.33 bits per heavy atom. The van der Waals surface area contributed by atoms with Crippen molar-refractivity contribution in [2.24, 2.45) is 5.92 Å². The molecule has 1 nitrogen and oxygen atoms in total. The molecule has 1 fully saturated rings. The van der Waals surface area contributed by atoms with E-state index in [4.69, 9.17) is 0 Å². The summed E-state index contributed by atoms with van der Waals surface area (Å²) in [6.07, 6.45) is 2.60. The molecule has 0 bridgehead atoms. The summed E-state index contributed by atoms with van der Waals surface area (Å²) >= 11 is 0. The SMILES string of the molecule is CCNC1CC(c2ccc(C(C)C)cc2)C1CC. The van der Waals surface area contributed by atoms with Crippen LogP contribution in [0.5, 0.6) is 0 Å². The van der Waals surface area contributed by atoms with E-state index in [9.17, 15) is 0 Å². The molecule has 100 valence electrons. The van der Waals surface area contributed by atoms with E-state index in [1.54, 1.807) is 5.56 Å². The molecule has 0 radical (unpaired) electrons. The minimum Gasteiger partial charge on any atom is -0.314 e. The Balaban J connectivity index is 2.04. The molecule has 3 atom stereocenters. The molecular weight excluding hydrogens is 218 g/mol. The molecule has 0 aliphatic heterocycles. The van der Waals surface area contributed by atoms with E-state index >= 15 is 0 Å². The lowest BCUT2D eigenvalue weighted by atomic mass is 9.65. The van der Waals surface area contributed by atoms with Crippen LogP contribution < -0.4 is 5.32 Å². The molecule has 18 heavy (non-hydrogen) atoms. The van der Waals surface area contributed by atoms with Crippen molar-refractivity contribution in [2.75, 3.05) is 6.54 Å². The smallest absolute Gasteiger partial charge is 0.0107 e. The maximum absolute atomic E-state index is 3.61. The zero-order chi connectivity index (χ0) is 13.1. The number of nitrogens with one attached hydrogen (secondary N) is 1. The molecule has 1 heteroatoms. The standard InChI is InChI=1S/C17H27N/c1-5-15-16(11-17(15)18-6-2)14-9-7-13(8-10-14)12(3)4/h7-10,12,15-18H,5-6,11H2,1-4H3. The molecule has 3 unspecified atom stereocenters. The van der Waals surface area contributed by atoms with Gasteiger partial charge in [-0.2, -0.15) is 0 Å². The van der Waals surface area contributed by atoms with E-state index in [-0.39, 0.29) is 0 Å². The molecular formula is C17H27N. The molecule has 0 spiro atoms. The summed E-state index contributed by atoms with van der Waals surface area (Å²) in [5.41, 5.74) is 3.00. The lowest BCUT2D eigenvalue weighted by Gasteiger charge is -2.45. The highest BCUT2D eigenvalue weighted by Gasteiger charge is 2.39. The van der Waals surface area contributed by atoms with Crippen LogP contribution >= 0.6 is 0 Å². The summed E-state index contributed by atoms with van der Waals surface area (Å²) in [7, 11) is 0. The van der Waals surface area contributed by atoms with E-state index in [2.05, 4.69) is 57.3 Å². The second-order valence-corrected chi connectivity index (χ2v) is 5.90. The fourth-order valence-corrected chi connectivity index (χ4v) is 3.29. The maximum atomic E-state index is 3.61. The molecule has 2 rings (SSSR count). The minimum absolute atomic E-state index is 0.636. The second-order valence-electron chi connectivity index (χ2n) is 5.90. The van der Waals surface area contributed by atoms with Crippen molar-refractivity contribution < 1.29 is 0 Å². The molecule has 1 aromatic rings. The Morgan fingerprint density at radius 1 is 1.17 bits per heavy atom. The van der Waals surface area contributed by atoms with Gasteiger partial charge in [0.15, 0.2) is 0 Å². The van der Waals surface area contributed by atoms with Gasteiger partial charge < -0.3 is 5.32 Å². The minimum atomic E-state index is 0.636. The Bertz CT molecular complexity index is 366. The lowest BCUT2D eigenvalue weighted by Crippen LogP contribution is -2.48. The van der Waals surface area contributed by atoms with Crippen molar-refractivity contribution in [3.63, 3.8) is 0 Å². The van der Waals surface area contributed by atoms with Crippen LogP contribution in [0.15, 0.2) is 24.3 Å². The maximum Gasteiger partial charge on any atom is 0.0107 e. The Morgan fingerprint density at radius 2 is 1.83 bits per heavy atom. The summed E-state index contributed by atoms with van der Waals surface area (Å²) in [5, 5.41) is 3.61. The molecule has 1 aliphatic rings. The number of benzene rings is 1. The molecule has 1 saturated carbocycles. The topological polar surface area (TPSA) is 12.0 Å². The van der Waals surface area contributed by atoms with Gasteiger partial charge in [0.05, 0.1) is 0 Å². The van der Waals surface area contributed by atoms with Crippen LogP contribution in [0.4, 0.5) is 0 Å². The fourth-order valence-electron chi connectivity index (χ4n) is 3.29. The van der Waals surface area contributed by atoms with Crippen molar-refractivity contribution in [1.29, 1.82) is 0 Å². The van der Waals surface area contributed by atoms with E-state index in [0.29, 0.717) is 5.92 Å². The second kappa shape index (κ2) is 5.88. The average molecular weight is 245 g/mol. The number of hydrogen-bond acceptors (Lipinski definition) is 1. The summed E-state index contributed by atoms with van der Waals surface area (Å²) in [4.78, 5) is 0. The third-order valence-electron chi connectivity index (χ3n) is 4.51. The molecule has 1 aliphatic carbocycles. The third kappa shape index (κ3) is 2.61. The molecule has 0 amide bonds. The molecule has 0 saturated heterocycles. The first kappa shape index (κ1) is 13.6. The van der Waals surface area contributed by atoms with Crippen molar-refractivity contribution in [2.45, 2.75) is 58.4 Å². The van der Waals surface area contributed by atoms with E-state index in [1.165, 1.54) is 18.4 Å². The predicted molar refractivity (Wildman–Crippen MR) is 79.1 cm³/mol. The van der Waals surface area contributed by atoms with Gasteiger partial charge in [-0.3, -0.25) is 0 Å². The zero-order valence-electron chi connectivity index (χ0n) is 12.2. The summed E-state index contributed by atoms with van der Waals surface area (Å²) in [6.45, 7) is 10.1. The quantitative estimate of drug-likeness (QED) is 0.815. The lowest BCUT2D eigenvalue weighted by molar-refractivity contribution is 0.163. The van der Waals surface area contributed by atoms with Gasteiger partial charge in [0.1, 0.15) is 0 Å². The van der Waals surface area contributed by atoms with E-state index in [1.807, 2.05) is 0 Å². The Hall–Kier alpha value is -0.820. The first-order valence-corrected chi connectivity index (χ1v) is 7.50. The highest BCUT2D eigenvalue weighted by atomic mass is 14.9. The van der Waals surface area contributed by atoms with Crippen LogP contribution in [0, 0.1) is 5.92 Å². The Kier molecular flexibility index (Phi) is 4.45. The Labute approximate surface area is 112 Å². The van der Waals surface area contributed by atoms with Crippen LogP contribution in [-0.4, -0.2) is 12.6 Å². The van der Waals surface area contributed by atoms with E-state index in [0.717, 1.165) is 24.4 Å². The van der Waals surface area contributed by atoms with Gasteiger partial charge in [-0.05, 0) is 41.8 Å². The van der Waals surface area contributed by atoms with Gasteiger partial charge >= 0.3 is 0 Å². The van der Waals surface area contributed by atoms with Crippen molar-refractivity contribution >= 4 is 0 Å². The van der Waals surface area contributed by atoms with Gasteiger partial charge in [0.2, 0.25) is 0 Å². The average Bonchev–Trinajstić information content (AvgIpc) is 2.34. The monoisotopic (exact) mass is 245 g/mol. The molecule has 1 aromatic carbocycles. The van der Waals surface area contributed by atoms with E-state index < -0.39 is 0 Å². The van der Waals surface area contributed by atoms with Gasteiger partial charge in [-0.1, -0.05) is 58.4 Å². The van der Waals surface area contributed by atoms with Crippen LogP contribution in [0.2, 0.25) is 0 Å². The summed E-state index contributed by atoms with van der Waals surface area (Å²) < 4.78 is 0.